The zero-order chi connectivity index (χ0) is 21.3. The smallest absolute Gasteiger partial charge is 0.362 e. The Morgan fingerprint density at radius 1 is 0.839 bits per heavy atom. The number of nitrogens with zero attached hydrogens (tertiary/aromatic N) is 4. The molecule has 5 rings (SSSR count). The second-order valence-corrected chi connectivity index (χ2v) is 7.68. The molecule has 1 aliphatic rings. The molecule has 0 unspecified atom stereocenters. The molecule has 0 aliphatic carbocycles. The lowest BCUT2D eigenvalue weighted by Crippen LogP contribution is -2.40. The molecule has 0 spiro atoms. The van der Waals surface area contributed by atoms with Crippen LogP contribution in [0.2, 0.25) is 0 Å². The third kappa shape index (κ3) is 3.41. The Morgan fingerprint density at radius 2 is 1.42 bits per heavy atom. The summed E-state index contributed by atoms with van der Waals surface area (Å²) in [6, 6.07) is 26.5. The van der Waals surface area contributed by atoms with Crippen LogP contribution in [0.4, 0.5) is 4.79 Å². The molecule has 1 aromatic heterocycles. The summed E-state index contributed by atoms with van der Waals surface area (Å²) in [5, 5.41) is 20.5. The monoisotopic (exact) mass is 410 g/mol. The lowest BCUT2D eigenvalue weighted by atomic mass is 9.84. The molecule has 0 saturated heterocycles. The second-order valence-electron chi connectivity index (χ2n) is 7.68. The molecule has 0 radical (unpaired) electrons. The molecule has 0 atom stereocenters. The van der Waals surface area contributed by atoms with E-state index in [0.717, 1.165) is 16.8 Å². The molecule has 1 aliphatic heterocycles. The van der Waals surface area contributed by atoms with Crippen molar-refractivity contribution in [3.63, 3.8) is 0 Å². The van der Waals surface area contributed by atoms with Gasteiger partial charge < -0.3 is 10.0 Å². The highest BCUT2D eigenvalue weighted by atomic mass is 16.3. The maximum atomic E-state index is 13.1. The molecule has 1 N–H and O–H groups in total. The van der Waals surface area contributed by atoms with Crippen LogP contribution in [0.5, 0.6) is 0 Å². The van der Waals surface area contributed by atoms with Crippen molar-refractivity contribution >= 4 is 6.03 Å². The fourth-order valence-corrected chi connectivity index (χ4v) is 4.13. The number of hydrogen-bond acceptors (Lipinski definition) is 4. The van der Waals surface area contributed by atoms with Crippen LogP contribution in [0.1, 0.15) is 27.9 Å². The van der Waals surface area contributed by atoms with Crippen LogP contribution in [0.25, 0.3) is 0 Å². The third-order valence-electron chi connectivity index (χ3n) is 5.82. The molecule has 0 fully saturated rings. The summed E-state index contributed by atoms with van der Waals surface area (Å²) in [4.78, 5) is 15.9. The quantitative estimate of drug-likeness (QED) is 0.560. The summed E-state index contributed by atoms with van der Waals surface area (Å²) >= 11 is 0. The fraction of sp³-hybridized carbons (Fsp3) is 0.160. The van der Waals surface area contributed by atoms with Crippen LogP contribution in [-0.4, -0.2) is 37.6 Å². The standard InChI is InChI=1S/C25H22N4O2/c30-24(28-16-15-19-9-7-8-10-20(19)18-28)29-26-17-23(27-29)25(31,21-11-3-1-4-12-21)22-13-5-2-6-14-22/h1-14,17,31H,15-16,18H2. The minimum Gasteiger partial charge on any atom is -0.374 e. The van der Waals surface area contributed by atoms with Gasteiger partial charge in [-0.3, -0.25) is 0 Å². The van der Waals surface area contributed by atoms with Gasteiger partial charge in [0.15, 0.2) is 5.60 Å². The predicted molar refractivity (Wildman–Crippen MR) is 116 cm³/mol. The highest BCUT2D eigenvalue weighted by molar-refractivity contribution is 5.75. The van der Waals surface area contributed by atoms with Gasteiger partial charge in [0.25, 0.3) is 0 Å². The second kappa shape index (κ2) is 7.81. The van der Waals surface area contributed by atoms with Gasteiger partial charge in [-0.1, -0.05) is 89.7 Å². The van der Waals surface area contributed by atoms with Gasteiger partial charge >= 0.3 is 6.03 Å². The Bertz CT molecular complexity index is 1160. The number of fused-ring (bicyclic) bond motifs is 1. The maximum absolute atomic E-state index is 13.1. The Hall–Kier alpha value is -3.77. The van der Waals surface area contributed by atoms with Crippen molar-refractivity contribution in [3.8, 4) is 0 Å². The molecule has 154 valence electrons. The fourth-order valence-electron chi connectivity index (χ4n) is 4.13. The van der Waals surface area contributed by atoms with Crippen molar-refractivity contribution in [3.05, 3.63) is 119 Å². The van der Waals surface area contributed by atoms with E-state index in [-0.39, 0.29) is 6.03 Å². The van der Waals surface area contributed by atoms with Crippen molar-refractivity contribution in [1.82, 2.24) is 19.9 Å². The molecular formula is C25H22N4O2. The molecule has 2 heterocycles. The van der Waals surface area contributed by atoms with E-state index in [4.69, 9.17) is 0 Å². The lowest BCUT2D eigenvalue weighted by molar-refractivity contribution is 0.120. The Kier molecular flexibility index (Phi) is 4.84. The van der Waals surface area contributed by atoms with E-state index < -0.39 is 5.60 Å². The maximum Gasteiger partial charge on any atom is 0.362 e. The third-order valence-corrected chi connectivity index (χ3v) is 5.82. The van der Waals surface area contributed by atoms with E-state index in [0.29, 0.717) is 29.9 Å². The minimum absolute atomic E-state index is 0.302. The van der Waals surface area contributed by atoms with Gasteiger partial charge in [-0.15, -0.1) is 5.10 Å². The van der Waals surface area contributed by atoms with E-state index in [1.807, 2.05) is 78.9 Å². The normalized spacial score (nSPS) is 13.6. The zero-order valence-electron chi connectivity index (χ0n) is 16.9. The minimum atomic E-state index is -1.52. The zero-order valence-corrected chi connectivity index (χ0v) is 16.9. The van der Waals surface area contributed by atoms with E-state index >= 15 is 0 Å². The number of benzene rings is 3. The van der Waals surface area contributed by atoms with Crippen molar-refractivity contribution in [2.75, 3.05) is 6.54 Å². The van der Waals surface area contributed by atoms with Crippen molar-refractivity contribution in [1.29, 1.82) is 0 Å². The van der Waals surface area contributed by atoms with Crippen LogP contribution in [0, 0.1) is 0 Å². The van der Waals surface area contributed by atoms with E-state index in [1.165, 1.54) is 11.8 Å². The average molecular weight is 410 g/mol. The SMILES string of the molecule is O=C(N1CCc2ccccc2C1)n1ncc(C(O)(c2ccccc2)c2ccccc2)n1. The Labute approximate surface area is 180 Å². The molecule has 0 bridgehead atoms. The number of aliphatic hydroxyl groups is 1. The van der Waals surface area contributed by atoms with Gasteiger partial charge in [-0.05, 0) is 28.7 Å². The topological polar surface area (TPSA) is 71.2 Å². The first-order chi connectivity index (χ1) is 15.2. The molecular weight excluding hydrogens is 388 g/mol. The van der Waals surface area contributed by atoms with Gasteiger partial charge in [-0.2, -0.15) is 5.10 Å². The highest BCUT2D eigenvalue weighted by Gasteiger charge is 2.37. The largest absolute Gasteiger partial charge is 0.374 e. The first kappa shape index (κ1) is 19.2. The van der Waals surface area contributed by atoms with E-state index in [2.05, 4.69) is 16.3 Å². The Morgan fingerprint density at radius 3 is 2.06 bits per heavy atom. The number of hydrogen-bond donors (Lipinski definition) is 1. The summed E-state index contributed by atoms with van der Waals surface area (Å²) in [5.41, 5.74) is 2.51. The summed E-state index contributed by atoms with van der Waals surface area (Å²) < 4.78 is 0. The van der Waals surface area contributed by atoms with Crippen LogP contribution >= 0.6 is 0 Å². The van der Waals surface area contributed by atoms with Crippen molar-refractivity contribution in [2.45, 2.75) is 18.6 Å². The first-order valence-electron chi connectivity index (χ1n) is 10.3. The number of rotatable bonds is 3. The lowest BCUT2D eigenvalue weighted by Gasteiger charge is -2.28. The summed E-state index contributed by atoms with van der Waals surface area (Å²) in [6.45, 7) is 1.13. The van der Waals surface area contributed by atoms with Crippen LogP contribution in [-0.2, 0) is 18.6 Å². The molecule has 6 heteroatoms. The summed E-state index contributed by atoms with van der Waals surface area (Å²) in [7, 11) is 0. The van der Waals surface area contributed by atoms with Crippen molar-refractivity contribution in [2.24, 2.45) is 0 Å². The van der Waals surface area contributed by atoms with Gasteiger partial charge in [0.2, 0.25) is 0 Å². The predicted octanol–water partition coefficient (Wildman–Crippen LogP) is 3.59. The number of carbonyl (C=O) groups is 1. The number of aromatic nitrogens is 3. The molecule has 0 saturated carbocycles. The van der Waals surface area contributed by atoms with Crippen molar-refractivity contribution < 1.29 is 9.90 Å². The number of carbonyl (C=O) groups excluding carboxylic acids is 1. The van der Waals surface area contributed by atoms with Gasteiger partial charge in [0.05, 0.1) is 6.20 Å². The van der Waals surface area contributed by atoms with E-state index in [9.17, 15) is 9.90 Å². The molecule has 4 aromatic rings. The molecule has 1 amide bonds. The average Bonchev–Trinajstić information content (AvgIpc) is 3.35. The first-order valence-corrected chi connectivity index (χ1v) is 10.3. The number of amides is 1. The summed E-state index contributed by atoms with van der Waals surface area (Å²) in [5.74, 6) is 0. The molecule has 31 heavy (non-hydrogen) atoms. The highest BCUT2D eigenvalue weighted by Crippen LogP contribution is 2.35. The van der Waals surface area contributed by atoms with E-state index in [1.54, 1.807) is 4.90 Å². The van der Waals surface area contributed by atoms with Gasteiger partial charge in [0, 0.05) is 13.1 Å². The Balaban J connectivity index is 1.49. The molecule has 3 aromatic carbocycles. The van der Waals surface area contributed by atoms with Gasteiger partial charge in [0.1, 0.15) is 5.69 Å². The van der Waals surface area contributed by atoms with Crippen LogP contribution in [0.15, 0.2) is 91.1 Å². The van der Waals surface area contributed by atoms with Crippen LogP contribution < -0.4 is 0 Å². The van der Waals surface area contributed by atoms with Crippen LogP contribution in [0.3, 0.4) is 0 Å². The molecule has 6 nitrogen and oxygen atoms in total. The van der Waals surface area contributed by atoms with Gasteiger partial charge in [-0.25, -0.2) is 4.79 Å². The summed E-state index contributed by atoms with van der Waals surface area (Å²) in [6.07, 6.45) is 2.27.